The third-order valence-corrected chi connectivity index (χ3v) is 17.1. The maximum atomic E-state index is 13.4. The van der Waals surface area contributed by atoms with Crippen LogP contribution in [0.4, 0.5) is 0 Å². The van der Waals surface area contributed by atoms with Crippen molar-refractivity contribution in [1.29, 1.82) is 0 Å². The SMILES string of the molecule is CCCCCCCCCCCCC/C=C/[C@@H](O)[C@H](CO[C@@H]1OC(CO)[C@@H](O[C@@H]2OC(CO[C@@H]3OC(CO)[C@@H](O)[C@H](O)C3NC(C)=O)[C@H](O)[C@H](O[C@H]3OC(CO)[C@H](O)[C@H](O)C3O)C2O)[C@H](O)C1O)NC(=O)CCCCCCCCCCCCCCCCC. The monoisotopic (exact) mass is 1250 g/mol. The zero-order chi connectivity index (χ0) is 63.7. The van der Waals surface area contributed by atoms with Gasteiger partial charge >= 0.3 is 0 Å². The topological polar surface area (TPSA) is 395 Å². The normalized spacial score (nSPS) is 33.8. The van der Waals surface area contributed by atoms with Gasteiger partial charge in [-0.2, -0.15) is 0 Å². The third kappa shape index (κ3) is 26.4. The van der Waals surface area contributed by atoms with Gasteiger partial charge < -0.3 is 115 Å². The minimum atomic E-state index is -2.13. The Hall–Kier alpha value is -2.16. The molecule has 510 valence electrons. The maximum absolute atomic E-state index is 13.4. The van der Waals surface area contributed by atoms with Gasteiger partial charge in [-0.15, -0.1) is 0 Å². The summed E-state index contributed by atoms with van der Waals surface area (Å²) >= 11 is 0. The summed E-state index contributed by atoms with van der Waals surface area (Å²) < 4.78 is 46.7. The predicted octanol–water partition coefficient (Wildman–Crippen LogP) is 1.78. The number of aliphatic hydroxyl groups is 13. The average Bonchev–Trinajstić information content (AvgIpc) is 1.23. The standard InChI is InChI=1S/C62H114N2O23/c1-4-6-8-10-12-14-16-18-19-21-23-25-27-29-31-33-46(70)64-40(41(69)32-30-28-26-24-22-20-17-15-13-11-9-7-5-2)37-80-60-55(78)53(76)57(44(36-67)84-60)86-62-56(79)58(87-61-54(77)52(75)49(72)43(35-66)83-61)50(73)45(85-62)38-81-59-47(63-39(3)68)51(74)48(71)42(34-65)82-59/h30,32,40-45,47-62,65-67,69,71-79H,4-29,31,33-38H2,1-3H3,(H,63,68)(H,64,70)/b32-30+/t40-,41+,42?,43?,44?,45?,47?,48+,49-,50-,51+,52-,53+,54?,55?,56?,57+,58-,59+,60+,61+,62-/m0/s1. The zero-order valence-electron chi connectivity index (χ0n) is 52.1. The van der Waals surface area contributed by atoms with Gasteiger partial charge in [0.2, 0.25) is 11.8 Å². The van der Waals surface area contributed by atoms with Crippen molar-refractivity contribution in [2.75, 3.05) is 33.0 Å². The molecule has 22 atom stereocenters. The van der Waals surface area contributed by atoms with Crippen LogP contribution >= 0.6 is 0 Å². The highest BCUT2D eigenvalue weighted by molar-refractivity contribution is 5.76. The molecule has 0 bridgehead atoms. The van der Waals surface area contributed by atoms with Crippen LogP contribution in [-0.2, 0) is 47.5 Å². The van der Waals surface area contributed by atoms with Gasteiger partial charge in [0.05, 0.1) is 45.2 Å². The molecule has 0 radical (unpaired) electrons. The van der Waals surface area contributed by atoms with Crippen LogP contribution in [0.5, 0.6) is 0 Å². The van der Waals surface area contributed by atoms with E-state index in [4.69, 9.17) is 37.9 Å². The van der Waals surface area contributed by atoms with Gasteiger partial charge in [-0.25, -0.2) is 0 Å². The van der Waals surface area contributed by atoms with Crippen molar-refractivity contribution < 1.29 is 114 Å². The lowest BCUT2D eigenvalue weighted by Gasteiger charge is -2.48. The van der Waals surface area contributed by atoms with Crippen LogP contribution in [0.15, 0.2) is 12.2 Å². The zero-order valence-corrected chi connectivity index (χ0v) is 52.1. The number of allylic oxidation sites excluding steroid dienone is 1. The Morgan fingerprint density at radius 1 is 0.460 bits per heavy atom. The van der Waals surface area contributed by atoms with E-state index in [2.05, 4.69) is 24.5 Å². The Morgan fingerprint density at radius 2 is 0.897 bits per heavy atom. The lowest BCUT2D eigenvalue weighted by Crippen LogP contribution is -2.67. The molecular formula is C62H114N2O23. The van der Waals surface area contributed by atoms with E-state index < -0.39 is 174 Å². The number of unbranched alkanes of at least 4 members (excludes halogenated alkanes) is 25. The summed E-state index contributed by atoms with van der Waals surface area (Å²) in [6.45, 7) is 1.82. The van der Waals surface area contributed by atoms with E-state index in [1.165, 1.54) is 116 Å². The van der Waals surface area contributed by atoms with Crippen LogP contribution in [0.1, 0.15) is 201 Å². The van der Waals surface area contributed by atoms with E-state index >= 15 is 0 Å². The third-order valence-electron chi connectivity index (χ3n) is 17.1. The molecular weight excluding hydrogens is 1140 g/mol. The van der Waals surface area contributed by atoms with Crippen LogP contribution in [0, 0.1) is 0 Å². The molecule has 0 saturated carbocycles. The molecule has 15 N–H and O–H groups in total. The highest BCUT2D eigenvalue weighted by atomic mass is 16.8. The number of ether oxygens (including phenoxy) is 8. The quantitative estimate of drug-likeness (QED) is 0.0305. The van der Waals surface area contributed by atoms with Crippen molar-refractivity contribution in [2.45, 2.75) is 335 Å². The van der Waals surface area contributed by atoms with Crippen LogP contribution in [0.25, 0.3) is 0 Å². The number of nitrogens with one attached hydrogen (secondary N) is 2. The minimum absolute atomic E-state index is 0.202. The molecule has 4 rings (SSSR count). The molecule has 8 unspecified atom stereocenters. The van der Waals surface area contributed by atoms with Crippen molar-refractivity contribution in [3.05, 3.63) is 12.2 Å². The van der Waals surface area contributed by atoms with Crippen molar-refractivity contribution >= 4 is 11.8 Å². The summed E-state index contributed by atoms with van der Waals surface area (Å²) in [5.41, 5.74) is 0. The molecule has 0 aromatic carbocycles. The summed E-state index contributed by atoms with van der Waals surface area (Å²) in [7, 11) is 0. The molecule has 4 heterocycles. The fourth-order valence-electron chi connectivity index (χ4n) is 11.6. The highest BCUT2D eigenvalue weighted by Crippen LogP contribution is 2.34. The first-order chi connectivity index (χ1) is 41.9. The maximum Gasteiger partial charge on any atom is 0.220 e. The Bertz CT molecular complexity index is 1830. The number of rotatable bonds is 45. The molecule has 4 saturated heterocycles. The van der Waals surface area contributed by atoms with Crippen LogP contribution < -0.4 is 10.6 Å². The molecule has 4 aliphatic heterocycles. The summed E-state index contributed by atoms with van der Waals surface area (Å²) in [4.78, 5) is 25.6. The lowest BCUT2D eigenvalue weighted by molar-refractivity contribution is -0.383. The Labute approximate surface area is 515 Å². The predicted molar refractivity (Wildman–Crippen MR) is 317 cm³/mol. The second kappa shape index (κ2) is 43.6. The molecule has 0 aromatic heterocycles. The molecule has 4 aliphatic rings. The first-order valence-corrected chi connectivity index (χ1v) is 32.9. The number of carbonyl (C=O) groups excluding carboxylic acids is 2. The van der Waals surface area contributed by atoms with Crippen LogP contribution in [0.2, 0.25) is 0 Å². The van der Waals surface area contributed by atoms with Gasteiger partial charge in [-0.05, 0) is 19.3 Å². The van der Waals surface area contributed by atoms with Crippen molar-refractivity contribution in [1.82, 2.24) is 10.6 Å². The van der Waals surface area contributed by atoms with E-state index in [1.54, 1.807) is 6.08 Å². The van der Waals surface area contributed by atoms with E-state index in [9.17, 15) is 76.0 Å². The summed E-state index contributed by atoms with van der Waals surface area (Å²) in [5.74, 6) is -0.991. The average molecular weight is 1260 g/mol. The van der Waals surface area contributed by atoms with Gasteiger partial charge in [-0.3, -0.25) is 9.59 Å². The van der Waals surface area contributed by atoms with Gasteiger partial charge in [0, 0.05) is 13.3 Å². The van der Waals surface area contributed by atoms with Crippen molar-refractivity contribution in [3.8, 4) is 0 Å². The summed E-state index contributed by atoms with van der Waals surface area (Å²) in [6.07, 6.45) is -0.569. The second-order valence-corrected chi connectivity index (χ2v) is 24.3. The molecule has 0 aliphatic carbocycles. The first kappa shape index (κ1) is 77.3. The van der Waals surface area contributed by atoms with Gasteiger partial charge in [0.25, 0.3) is 0 Å². The molecule has 25 heteroatoms. The number of carbonyl (C=O) groups is 2. The van der Waals surface area contributed by atoms with Crippen molar-refractivity contribution in [3.63, 3.8) is 0 Å². The van der Waals surface area contributed by atoms with Gasteiger partial charge in [-0.1, -0.05) is 180 Å². The molecule has 0 spiro atoms. The minimum Gasteiger partial charge on any atom is -0.394 e. The Balaban J connectivity index is 1.42. The fraction of sp³-hybridized carbons (Fsp3) is 0.935. The lowest BCUT2D eigenvalue weighted by atomic mass is 9.95. The molecule has 25 nitrogen and oxygen atoms in total. The van der Waals surface area contributed by atoms with E-state index in [-0.39, 0.29) is 12.3 Å². The smallest absolute Gasteiger partial charge is 0.220 e. The second-order valence-electron chi connectivity index (χ2n) is 24.3. The van der Waals surface area contributed by atoms with Gasteiger partial charge in [0.15, 0.2) is 25.2 Å². The van der Waals surface area contributed by atoms with E-state index in [1.807, 2.05) is 6.08 Å². The Morgan fingerprint density at radius 3 is 1.41 bits per heavy atom. The van der Waals surface area contributed by atoms with E-state index in [0.717, 1.165) is 51.9 Å². The number of hydrogen-bond acceptors (Lipinski definition) is 23. The number of amides is 2. The van der Waals surface area contributed by atoms with Crippen molar-refractivity contribution in [2.24, 2.45) is 0 Å². The molecule has 2 amide bonds. The van der Waals surface area contributed by atoms with Gasteiger partial charge in [0.1, 0.15) is 97.6 Å². The molecule has 4 fully saturated rings. The largest absolute Gasteiger partial charge is 0.394 e. The first-order valence-electron chi connectivity index (χ1n) is 32.9. The highest BCUT2D eigenvalue weighted by Gasteiger charge is 2.55. The summed E-state index contributed by atoms with van der Waals surface area (Å²) in [6, 6.07) is -2.49. The molecule has 87 heavy (non-hydrogen) atoms. The summed E-state index contributed by atoms with van der Waals surface area (Å²) in [5, 5.41) is 147. The number of hydrogen-bond donors (Lipinski definition) is 15. The van der Waals surface area contributed by atoms with E-state index in [0.29, 0.717) is 12.8 Å². The Kier molecular flexibility index (Phi) is 38.8. The molecule has 0 aromatic rings. The van der Waals surface area contributed by atoms with Crippen LogP contribution in [0.3, 0.4) is 0 Å². The van der Waals surface area contributed by atoms with Crippen LogP contribution in [-0.4, -0.2) is 246 Å². The fourth-order valence-corrected chi connectivity index (χ4v) is 11.6. The number of aliphatic hydroxyl groups excluding tert-OH is 13.